The number of halogens is 1. The van der Waals surface area contributed by atoms with Gasteiger partial charge in [0.25, 0.3) is 5.91 Å². The Labute approximate surface area is 255 Å². The molecular formula is C34H34ClN5O3. The first kappa shape index (κ1) is 28.6. The normalized spacial score (nSPS) is 15.7. The van der Waals surface area contributed by atoms with Crippen molar-refractivity contribution in [2.45, 2.75) is 31.5 Å². The quantitative estimate of drug-likeness (QED) is 0.160. The second kappa shape index (κ2) is 12.0. The number of nitrogens with one attached hydrogen (secondary N) is 4. The van der Waals surface area contributed by atoms with Gasteiger partial charge < -0.3 is 25.3 Å². The summed E-state index contributed by atoms with van der Waals surface area (Å²) in [6.07, 6.45) is 8.78. The molecule has 0 saturated heterocycles. The summed E-state index contributed by atoms with van der Waals surface area (Å²) < 4.78 is 5.60. The summed E-state index contributed by atoms with van der Waals surface area (Å²) in [6, 6.07) is 21.3. The van der Waals surface area contributed by atoms with E-state index >= 15 is 0 Å². The Bertz CT molecular complexity index is 1830. The first-order valence-corrected chi connectivity index (χ1v) is 14.7. The first-order chi connectivity index (χ1) is 20.9. The van der Waals surface area contributed by atoms with E-state index in [0.717, 1.165) is 44.9 Å². The van der Waals surface area contributed by atoms with E-state index in [4.69, 9.17) is 16.3 Å². The van der Waals surface area contributed by atoms with Crippen LogP contribution in [0, 0.1) is 0 Å². The topological polar surface area (TPSA) is 102 Å². The van der Waals surface area contributed by atoms with Crippen molar-refractivity contribution < 1.29 is 14.3 Å². The highest BCUT2D eigenvalue weighted by atomic mass is 35.5. The van der Waals surface area contributed by atoms with Crippen LogP contribution in [-0.4, -0.2) is 52.5 Å². The van der Waals surface area contributed by atoms with Crippen LogP contribution in [0.1, 0.15) is 36.0 Å². The molecule has 3 heterocycles. The minimum absolute atomic E-state index is 0.200. The number of H-pyrrole nitrogens is 2. The molecule has 2 unspecified atom stereocenters. The van der Waals surface area contributed by atoms with E-state index in [1.165, 1.54) is 6.92 Å². The molecule has 8 nitrogen and oxygen atoms in total. The molecule has 0 radical (unpaired) electrons. The van der Waals surface area contributed by atoms with Gasteiger partial charge in [0.2, 0.25) is 5.91 Å². The highest BCUT2D eigenvalue weighted by Crippen LogP contribution is 2.44. The average molecular weight is 596 g/mol. The molecule has 2 amide bonds. The second-order valence-electron chi connectivity index (χ2n) is 10.8. The number of fused-ring (bicyclic) bond motifs is 2. The van der Waals surface area contributed by atoms with Crippen molar-refractivity contribution >= 4 is 45.2 Å². The number of benzene rings is 3. The summed E-state index contributed by atoms with van der Waals surface area (Å²) in [5.41, 5.74) is 2.85. The van der Waals surface area contributed by atoms with Gasteiger partial charge in [-0.05, 0) is 53.4 Å². The number of hydrogen-bond donors (Lipinski definition) is 4. The zero-order valence-corrected chi connectivity index (χ0v) is 24.9. The molecule has 9 heteroatoms. The summed E-state index contributed by atoms with van der Waals surface area (Å²) in [6.45, 7) is 2.71. The minimum Gasteiger partial charge on any atom is -0.497 e. The number of nitrogens with zero attached hydrogens (tertiary/aromatic N) is 1. The second-order valence-corrected chi connectivity index (χ2v) is 11.2. The Balaban J connectivity index is 1.62. The predicted molar refractivity (Wildman–Crippen MR) is 170 cm³/mol. The maximum Gasteiger partial charge on any atom is 0.262 e. The minimum atomic E-state index is -1.51. The molecule has 220 valence electrons. The van der Waals surface area contributed by atoms with Crippen LogP contribution < -0.4 is 15.4 Å². The molecule has 2 aromatic heterocycles. The Morgan fingerprint density at radius 2 is 1.70 bits per heavy atom. The smallest absolute Gasteiger partial charge is 0.262 e. The Hall–Kier alpha value is -4.53. The third-order valence-electron chi connectivity index (χ3n) is 8.25. The number of hydrogen-bond acceptors (Lipinski definition) is 4. The lowest BCUT2D eigenvalue weighted by molar-refractivity contribution is -0.143. The molecule has 1 aliphatic rings. The van der Waals surface area contributed by atoms with Crippen molar-refractivity contribution in [3.8, 4) is 5.75 Å². The number of amides is 2. The van der Waals surface area contributed by atoms with E-state index in [-0.39, 0.29) is 18.4 Å². The number of aromatic amines is 2. The Morgan fingerprint density at radius 1 is 0.977 bits per heavy atom. The van der Waals surface area contributed by atoms with Crippen molar-refractivity contribution in [2.75, 3.05) is 20.2 Å². The van der Waals surface area contributed by atoms with Crippen LogP contribution in [0.15, 0.2) is 91.3 Å². The molecule has 0 saturated carbocycles. The highest BCUT2D eigenvalue weighted by molar-refractivity contribution is 6.31. The monoisotopic (exact) mass is 595 g/mol. The summed E-state index contributed by atoms with van der Waals surface area (Å²) in [7, 11) is 1.63. The highest BCUT2D eigenvalue weighted by Gasteiger charge is 2.53. The first-order valence-electron chi connectivity index (χ1n) is 14.3. The summed E-state index contributed by atoms with van der Waals surface area (Å²) in [4.78, 5) is 37.0. The van der Waals surface area contributed by atoms with E-state index in [1.807, 2.05) is 79.1 Å². The van der Waals surface area contributed by atoms with Crippen molar-refractivity contribution in [3.05, 3.63) is 113 Å². The molecule has 0 fully saturated rings. The molecule has 1 aliphatic heterocycles. The van der Waals surface area contributed by atoms with Gasteiger partial charge in [0.05, 0.1) is 13.0 Å². The van der Waals surface area contributed by atoms with Crippen LogP contribution in [0.4, 0.5) is 0 Å². The molecule has 0 spiro atoms. The van der Waals surface area contributed by atoms with Gasteiger partial charge in [-0.15, -0.1) is 0 Å². The third kappa shape index (κ3) is 5.28. The lowest BCUT2D eigenvalue weighted by Crippen LogP contribution is -2.71. The summed E-state index contributed by atoms with van der Waals surface area (Å²) in [5, 5.41) is 8.78. The molecule has 5 aromatic rings. The maximum absolute atomic E-state index is 14.9. The fourth-order valence-corrected chi connectivity index (χ4v) is 6.49. The number of carbonyl (C=O) groups is 2. The van der Waals surface area contributed by atoms with Crippen molar-refractivity contribution in [3.63, 3.8) is 0 Å². The molecule has 43 heavy (non-hydrogen) atoms. The summed E-state index contributed by atoms with van der Waals surface area (Å²) in [5.74, 6) is -0.582. The summed E-state index contributed by atoms with van der Waals surface area (Å²) >= 11 is 6.48. The number of para-hydroxylation sites is 1. The van der Waals surface area contributed by atoms with Gasteiger partial charge in [-0.3, -0.25) is 14.5 Å². The number of methoxy groups -OCH3 is 1. The van der Waals surface area contributed by atoms with Crippen molar-refractivity contribution in [2.24, 2.45) is 0 Å². The fourth-order valence-electron chi connectivity index (χ4n) is 6.28. The van der Waals surface area contributed by atoms with E-state index in [2.05, 4.69) is 31.6 Å². The lowest BCUT2D eigenvalue weighted by atomic mass is 9.77. The number of aromatic nitrogens is 2. The lowest BCUT2D eigenvalue weighted by Gasteiger charge is -2.48. The van der Waals surface area contributed by atoms with Crippen LogP contribution >= 0.6 is 11.6 Å². The third-order valence-corrected chi connectivity index (χ3v) is 8.62. The van der Waals surface area contributed by atoms with Crippen molar-refractivity contribution in [1.82, 2.24) is 25.5 Å². The molecule has 0 aliphatic carbocycles. The number of rotatable bonds is 9. The SMILES string of the molecule is COc1ccc2[nH]cc(C(c3c[nH]c4ccccc34)C(NC(C)=O)(C(=O)NCc3ccccc3Cl)N3CC=CCC3)c2c1. The Morgan fingerprint density at radius 3 is 2.42 bits per heavy atom. The van der Waals surface area contributed by atoms with Gasteiger partial charge in [0.1, 0.15) is 5.75 Å². The van der Waals surface area contributed by atoms with Gasteiger partial charge in [-0.25, -0.2) is 0 Å². The molecule has 0 bridgehead atoms. The van der Waals surface area contributed by atoms with Gasteiger partial charge in [-0.1, -0.05) is 60.2 Å². The zero-order valence-electron chi connectivity index (χ0n) is 24.1. The molecule has 4 N–H and O–H groups in total. The van der Waals surface area contributed by atoms with Gasteiger partial charge >= 0.3 is 0 Å². The zero-order chi connectivity index (χ0) is 30.0. The van der Waals surface area contributed by atoms with Crippen LogP contribution in [0.2, 0.25) is 5.02 Å². The van der Waals surface area contributed by atoms with Crippen LogP contribution in [0.5, 0.6) is 5.75 Å². The van der Waals surface area contributed by atoms with Crippen molar-refractivity contribution in [1.29, 1.82) is 0 Å². The standard InChI is InChI=1S/C34H34ClN5O3/c1-22(41)39-34(40-16-8-3-9-17-40,33(42)38-19-23-10-4-6-12-29(23)35)32(27-20-36-30-13-7-5-11-25(27)30)28-21-37-31-15-14-24(43-2)18-26(28)31/h3-8,10-15,18,20-21,32,36-37H,9,16-17,19H2,1-2H3,(H,38,42)(H,39,41). The molecular weight excluding hydrogens is 562 g/mol. The van der Waals surface area contributed by atoms with Gasteiger partial charge in [0, 0.05) is 65.8 Å². The van der Waals surface area contributed by atoms with E-state index in [0.29, 0.717) is 23.9 Å². The fraction of sp³-hybridized carbons (Fsp3) is 0.235. The van der Waals surface area contributed by atoms with Crippen LogP contribution in [0.3, 0.4) is 0 Å². The Kier molecular flexibility index (Phi) is 7.97. The number of carbonyl (C=O) groups excluding carboxylic acids is 2. The number of ether oxygens (including phenoxy) is 1. The molecule has 2 atom stereocenters. The molecule has 6 rings (SSSR count). The average Bonchev–Trinajstić information content (AvgIpc) is 3.65. The van der Waals surface area contributed by atoms with E-state index < -0.39 is 11.6 Å². The van der Waals surface area contributed by atoms with Crippen LogP contribution in [0.25, 0.3) is 21.8 Å². The van der Waals surface area contributed by atoms with E-state index in [1.54, 1.807) is 13.2 Å². The predicted octanol–water partition coefficient (Wildman–Crippen LogP) is 5.85. The van der Waals surface area contributed by atoms with Crippen LogP contribution in [-0.2, 0) is 16.1 Å². The maximum atomic E-state index is 14.9. The van der Waals surface area contributed by atoms with Gasteiger partial charge in [0.15, 0.2) is 5.66 Å². The largest absolute Gasteiger partial charge is 0.497 e. The van der Waals surface area contributed by atoms with Gasteiger partial charge in [-0.2, -0.15) is 0 Å². The molecule has 3 aromatic carbocycles. The van der Waals surface area contributed by atoms with E-state index in [9.17, 15) is 9.59 Å².